The van der Waals surface area contributed by atoms with Gasteiger partial charge in [0.25, 0.3) is 0 Å². The van der Waals surface area contributed by atoms with Crippen LogP contribution in [0.1, 0.15) is 77.3 Å². The lowest BCUT2D eigenvalue weighted by atomic mass is 9.88. The topological polar surface area (TPSA) is 33.1 Å². The van der Waals surface area contributed by atoms with E-state index in [1.54, 1.807) is 0 Å². The van der Waals surface area contributed by atoms with Crippen LogP contribution in [0.4, 0.5) is 0 Å². The molecule has 1 aromatic heterocycles. The van der Waals surface area contributed by atoms with Crippen molar-refractivity contribution in [2.24, 2.45) is 0 Å². The van der Waals surface area contributed by atoms with Gasteiger partial charge >= 0.3 is 0 Å². The number of aryl methyl sites for hydroxylation is 1. The van der Waals surface area contributed by atoms with E-state index in [0.717, 1.165) is 18.5 Å². The number of rotatable bonds is 6. The quantitative estimate of drug-likeness (QED) is 0.860. The molecule has 0 amide bonds. The summed E-state index contributed by atoms with van der Waals surface area (Å²) in [6, 6.07) is 2.87. The van der Waals surface area contributed by atoms with E-state index in [-0.39, 0.29) is 0 Å². The minimum Gasteiger partial charge on any atom is -0.312 e. The minimum absolute atomic E-state index is 0.616. The summed E-state index contributed by atoms with van der Waals surface area (Å²) in [5.41, 5.74) is 1.37. The van der Waals surface area contributed by atoms with Crippen LogP contribution in [0, 0.1) is 0 Å². The average molecular weight is 333 g/mol. The summed E-state index contributed by atoms with van der Waals surface area (Å²) < 4.78 is 2.23. The number of piperidine rings is 1. The van der Waals surface area contributed by atoms with Gasteiger partial charge in [-0.25, -0.2) is 0 Å². The first-order chi connectivity index (χ1) is 11.7. The van der Waals surface area contributed by atoms with E-state index in [1.165, 1.54) is 63.6 Å². The van der Waals surface area contributed by atoms with E-state index in [9.17, 15) is 0 Å². The fourth-order valence-corrected chi connectivity index (χ4v) is 4.40. The Labute approximate surface area is 148 Å². The van der Waals surface area contributed by atoms with Gasteiger partial charge in [-0.3, -0.25) is 4.68 Å². The molecule has 136 valence electrons. The van der Waals surface area contributed by atoms with Crippen molar-refractivity contribution >= 4 is 0 Å². The van der Waals surface area contributed by atoms with Gasteiger partial charge in [-0.05, 0) is 63.9 Å². The molecule has 1 aliphatic carbocycles. The average Bonchev–Trinajstić information content (AvgIpc) is 3.11. The molecule has 1 aromatic rings. The molecule has 1 atom stereocenters. The molecule has 4 heteroatoms. The first-order valence-electron chi connectivity index (χ1n) is 10.2. The molecular weight excluding hydrogens is 296 g/mol. The molecule has 1 aliphatic heterocycles. The molecule has 24 heavy (non-hydrogen) atoms. The van der Waals surface area contributed by atoms with Crippen LogP contribution in [0.2, 0.25) is 0 Å². The number of likely N-dealkylation sites (tertiary alicyclic amines) is 1. The fraction of sp³-hybridized carbons (Fsp3) is 0.850. The summed E-state index contributed by atoms with van der Waals surface area (Å²) in [5, 5.41) is 8.38. The summed E-state index contributed by atoms with van der Waals surface area (Å²) >= 11 is 0. The normalized spacial score (nSPS) is 28.1. The lowest BCUT2D eigenvalue weighted by molar-refractivity contribution is 0.0973. The van der Waals surface area contributed by atoms with E-state index >= 15 is 0 Å². The Balaban J connectivity index is 1.42. The van der Waals surface area contributed by atoms with E-state index in [1.807, 2.05) is 6.20 Å². The van der Waals surface area contributed by atoms with Crippen LogP contribution in [0.5, 0.6) is 0 Å². The Morgan fingerprint density at radius 1 is 1.08 bits per heavy atom. The highest BCUT2D eigenvalue weighted by Gasteiger charge is 2.29. The second-order valence-electron chi connectivity index (χ2n) is 7.93. The van der Waals surface area contributed by atoms with Gasteiger partial charge in [-0.15, -0.1) is 0 Å². The molecule has 2 aliphatic rings. The third-order valence-electron chi connectivity index (χ3n) is 6.28. The van der Waals surface area contributed by atoms with Crippen molar-refractivity contribution in [2.75, 3.05) is 13.1 Å². The second-order valence-corrected chi connectivity index (χ2v) is 7.93. The van der Waals surface area contributed by atoms with Crippen LogP contribution < -0.4 is 5.32 Å². The van der Waals surface area contributed by atoms with Crippen LogP contribution in [0.15, 0.2) is 12.4 Å². The van der Waals surface area contributed by atoms with Gasteiger partial charge in [-0.1, -0.05) is 13.8 Å². The number of hydrogen-bond acceptors (Lipinski definition) is 3. The summed E-state index contributed by atoms with van der Waals surface area (Å²) in [6.45, 7) is 9.29. The Kier molecular flexibility index (Phi) is 6.34. The summed E-state index contributed by atoms with van der Waals surface area (Å²) in [4.78, 5) is 2.76. The van der Waals surface area contributed by atoms with Crippen molar-refractivity contribution in [3.05, 3.63) is 18.0 Å². The summed E-state index contributed by atoms with van der Waals surface area (Å²) in [5.74, 6) is 0. The fourth-order valence-electron chi connectivity index (χ4n) is 4.40. The Morgan fingerprint density at radius 2 is 1.79 bits per heavy atom. The van der Waals surface area contributed by atoms with Gasteiger partial charge in [0.1, 0.15) is 0 Å². The molecule has 1 N–H and O–H groups in total. The van der Waals surface area contributed by atoms with Crippen molar-refractivity contribution < 1.29 is 0 Å². The van der Waals surface area contributed by atoms with Crippen molar-refractivity contribution in [1.29, 1.82) is 0 Å². The van der Waals surface area contributed by atoms with Gasteiger partial charge in [0.05, 0.1) is 12.2 Å². The van der Waals surface area contributed by atoms with Crippen molar-refractivity contribution in [2.45, 2.75) is 96.3 Å². The Bertz CT molecular complexity index is 482. The van der Waals surface area contributed by atoms with Gasteiger partial charge in [-0.2, -0.15) is 5.10 Å². The van der Waals surface area contributed by atoms with Gasteiger partial charge in [0, 0.05) is 37.4 Å². The Hall–Kier alpha value is -0.870. The molecule has 0 spiro atoms. The third-order valence-corrected chi connectivity index (χ3v) is 6.28. The SMILES string of the molecule is CCc1cnn(C2CCN(C3CCC(NC(C)CC)CC3)CC2)c1. The third kappa shape index (κ3) is 4.40. The van der Waals surface area contributed by atoms with Crippen LogP contribution in [0.25, 0.3) is 0 Å². The van der Waals surface area contributed by atoms with E-state index in [2.05, 4.69) is 47.0 Å². The maximum Gasteiger partial charge on any atom is 0.0543 e. The number of aromatic nitrogens is 2. The molecule has 2 fully saturated rings. The van der Waals surface area contributed by atoms with Crippen molar-refractivity contribution in [1.82, 2.24) is 20.0 Å². The summed E-state index contributed by atoms with van der Waals surface area (Å²) in [6.07, 6.45) is 14.6. The molecule has 2 heterocycles. The predicted molar refractivity (Wildman–Crippen MR) is 100 cm³/mol. The monoisotopic (exact) mass is 332 g/mol. The van der Waals surface area contributed by atoms with Crippen LogP contribution in [-0.2, 0) is 6.42 Å². The maximum atomic E-state index is 4.58. The smallest absolute Gasteiger partial charge is 0.0543 e. The van der Waals surface area contributed by atoms with Gasteiger partial charge in [0.15, 0.2) is 0 Å². The molecule has 0 bridgehead atoms. The first-order valence-corrected chi connectivity index (χ1v) is 10.2. The van der Waals surface area contributed by atoms with E-state index in [4.69, 9.17) is 0 Å². The minimum atomic E-state index is 0.616. The molecule has 0 radical (unpaired) electrons. The summed E-state index contributed by atoms with van der Waals surface area (Å²) in [7, 11) is 0. The second kappa shape index (κ2) is 8.48. The van der Waals surface area contributed by atoms with E-state index in [0.29, 0.717) is 12.1 Å². The number of nitrogens with one attached hydrogen (secondary N) is 1. The highest BCUT2D eigenvalue weighted by atomic mass is 15.3. The molecule has 4 nitrogen and oxygen atoms in total. The lowest BCUT2D eigenvalue weighted by Crippen LogP contribution is -2.47. The van der Waals surface area contributed by atoms with Crippen molar-refractivity contribution in [3.8, 4) is 0 Å². The highest BCUT2D eigenvalue weighted by molar-refractivity contribution is 5.04. The molecule has 0 aromatic carbocycles. The van der Waals surface area contributed by atoms with Gasteiger partial charge in [0.2, 0.25) is 0 Å². The zero-order valence-electron chi connectivity index (χ0n) is 15.9. The molecule has 3 rings (SSSR count). The molecule has 1 saturated carbocycles. The highest BCUT2D eigenvalue weighted by Crippen LogP contribution is 2.29. The molecular formula is C20H36N4. The van der Waals surface area contributed by atoms with E-state index < -0.39 is 0 Å². The number of nitrogens with zero attached hydrogens (tertiary/aromatic N) is 3. The zero-order valence-corrected chi connectivity index (χ0v) is 15.9. The molecule has 1 unspecified atom stereocenters. The Morgan fingerprint density at radius 3 is 2.38 bits per heavy atom. The standard InChI is InChI=1S/C20H36N4/c1-4-16(3)22-18-6-8-19(9-7-18)23-12-10-20(11-13-23)24-15-17(5-2)14-21-24/h14-16,18-20,22H,4-13H2,1-3H3. The zero-order chi connectivity index (χ0) is 16.9. The van der Waals surface area contributed by atoms with Crippen LogP contribution >= 0.6 is 0 Å². The maximum absolute atomic E-state index is 4.58. The van der Waals surface area contributed by atoms with Gasteiger partial charge < -0.3 is 10.2 Å². The number of hydrogen-bond donors (Lipinski definition) is 1. The predicted octanol–water partition coefficient (Wildman–Crippen LogP) is 3.78. The van der Waals surface area contributed by atoms with Crippen LogP contribution in [0.3, 0.4) is 0 Å². The van der Waals surface area contributed by atoms with Crippen molar-refractivity contribution in [3.63, 3.8) is 0 Å². The largest absolute Gasteiger partial charge is 0.312 e. The first kappa shape index (κ1) is 17.9. The lowest BCUT2D eigenvalue weighted by Gasteiger charge is -2.41. The molecule has 1 saturated heterocycles. The van der Waals surface area contributed by atoms with Crippen LogP contribution in [-0.4, -0.2) is 45.9 Å².